The number of hydrogen-bond acceptors (Lipinski definition) is 4. The van der Waals surface area contributed by atoms with Gasteiger partial charge in [-0.3, -0.25) is 0 Å². The summed E-state index contributed by atoms with van der Waals surface area (Å²) in [6, 6.07) is 0. The van der Waals surface area contributed by atoms with E-state index >= 15 is 0 Å². The number of nitrogens with one attached hydrogen (secondary N) is 2. The zero-order valence-corrected chi connectivity index (χ0v) is 10.9. The molecule has 0 amide bonds. The lowest BCUT2D eigenvalue weighted by molar-refractivity contribution is 0.420. The second kappa shape index (κ2) is 5.75. The summed E-state index contributed by atoms with van der Waals surface area (Å²) in [5.41, 5.74) is 0. The van der Waals surface area contributed by atoms with E-state index in [1.807, 2.05) is 17.5 Å². The Labute approximate surface area is 102 Å². The first-order valence-corrected chi connectivity index (χ1v) is 6.96. The summed E-state index contributed by atoms with van der Waals surface area (Å²) in [6.07, 6.45) is 3.10. The highest BCUT2D eigenvalue weighted by atomic mass is 32.1. The molecule has 1 fully saturated rings. The van der Waals surface area contributed by atoms with Crippen molar-refractivity contribution in [3.8, 4) is 0 Å². The van der Waals surface area contributed by atoms with Gasteiger partial charge in [-0.2, -0.15) is 0 Å². The average molecular weight is 239 g/mol. The number of thiazole rings is 1. The lowest BCUT2D eigenvalue weighted by Crippen LogP contribution is -2.26. The van der Waals surface area contributed by atoms with Crippen LogP contribution in [0.2, 0.25) is 0 Å². The zero-order valence-electron chi connectivity index (χ0n) is 10.1. The smallest absolute Gasteiger partial charge is 0.107 e. The van der Waals surface area contributed by atoms with E-state index in [0.717, 1.165) is 37.9 Å². The van der Waals surface area contributed by atoms with E-state index in [1.165, 1.54) is 16.4 Å². The standard InChI is InChI=1S/C12H21N3S/c1-3-11-7-15-12(16-11)8-14-6-10-5-13-4-9(10)2/h7,9-10,13-14H,3-6,8H2,1-2H3. The molecule has 2 atom stereocenters. The van der Waals surface area contributed by atoms with Crippen molar-refractivity contribution in [3.05, 3.63) is 16.1 Å². The first-order valence-electron chi connectivity index (χ1n) is 6.14. The maximum atomic E-state index is 4.41. The van der Waals surface area contributed by atoms with Crippen LogP contribution in [0.3, 0.4) is 0 Å². The number of hydrogen-bond donors (Lipinski definition) is 2. The fourth-order valence-corrected chi connectivity index (χ4v) is 2.93. The molecule has 0 aromatic carbocycles. The fourth-order valence-electron chi connectivity index (χ4n) is 2.10. The number of aromatic nitrogens is 1. The molecule has 1 aromatic rings. The molecule has 1 aromatic heterocycles. The van der Waals surface area contributed by atoms with Crippen molar-refractivity contribution in [2.24, 2.45) is 11.8 Å². The van der Waals surface area contributed by atoms with Crippen LogP contribution < -0.4 is 10.6 Å². The molecule has 2 heterocycles. The molecular weight excluding hydrogens is 218 g/mol. The van der Waals surface area contributed by atoms with Gasteiger partial charge in [-0.15, -0.1) is 11.3 Å². The molecule has 90 valence electrons. The van der Waals surface area contributed by atoms with Gasteiger partial charge < -0.3 is 10.6 Å². The molecule has 3 nitrogen and oxygen atoms in total. The van der Waals surface area contributed by atoms with Gasteiger partial charge >= 0.3 is 0 Å². The van der Waals surface area contributed by atoms with Crippen molar-refractivity contribution in [2.45, 2.75) is 26.8 Å². The Kier molecular flexibility index (Phi) is 4.32. The number of rotatable bonds is 5. The molecule has 0 bridgehead atoms. The summed E-state index contributed by atoms with van der Waals surface area (Å²) in [5.74, 6) is 1.58. The van der Waals surface area contributed by atoms with Gasteiger partial charge in [0.25, 0.3) is 0 Å². The van der Waals surface area contributed by atoms with Crippen LogP contribution in [0.5, 0.6) is 0 Å². The Hall–Kier alpha value is -0.450. The predicted octanol–water partition coefficient (Wildman–Crippen LogP) is 1.65. The highest BCUT2D eigenvalue weighted by Gasteiger charge is 2.22. The van der Waals surface area contributed by atoms with Crippen molar-refractivity contribution in [2.75, 3.05) is 19.6 Å². The van der Waals surface area contributed by atoms with Gasteiger partial charge in [0.2, 0.25) is 0 Å². The molecule has 0 saturated carbocycles. The minimum absolute atomic E-state index is 0.783. The molecule has 16 heavy (non-hydrogen) atoms. The third-order valence-electron chi connectivity index (χ3n) is 3.31. The number of aryl methyl sites for hydroxylation is 1. The summed E-state index contributed by atoms with van der Waals surface area (Å²) >= 11 is 1.83. The molecule has 2 N–H and O–H groups in total. The van der Waals surface area contributed by atoms with Gasteiger partial charge in [0.15, 0.2) is 0 Å². The first-order chi connectivity index (χ1) is 7.79. The van der Waals surface area contributed by atoms with Crippen LogP contribution in [-0.2, 0) is 13.0 Å². The molecule has 1 aliphatic rings. The van der Waals surface area contributed by atoms with Crippen molar-refractivity contribution in [1.82, 2.24) is 15.6 Å². The molecule has 1 saturated heterocycles. The number of nitrogens with zero attached hydrogens (tertiary/aromatic N) is 1. The maximum absolute atomic E-state index is 4.41. The van der Waals surface area contributed by atoms with Crippen LogP contribution in [0.4, 0.5) is 0 Å². The molecule has 0 spiro atoms. The van der Waals surface area contributed by atoms with E-state index < -0.39 is 0 Å². The van der Waals surface area contributed by atoms with Crippen molar-refractivity contribution in [1.29, 1.82) is 0 Å². The van der Waals surface area contributed by atoms with E-state index in [9.17, 15) is 0 Å². The lowest BCUT2D eigenvalue weighted by atomic mass is 9.98. The van der Waals surface area contributed by atoms with E-state index in [1.54, 1.807) is 0 Å². The summed E-state index contributed by atoms with van der Waals surface area (Å²) in [4.78, 5) is 5.79. The second-order valence-electron chi connectivity index (χ2n) is 4.60. The van der Waals surface area contributed by atoms with Crippen molar-refractivity contribution in [3.63, 3.8) is 0 Å². The third-order valence-corrected chi connectivity index (χ3v) is 4.45. The van der Waals surface area contributed by atoms with Gasteiger partial charge in [0, 0.05) is 17.6 Å². The topological polar surface area (TPSA) is 37.0 Å². The molecule has 0 aliphatic carbocycles. The van der Waals surface area contributed by atoms with Gasteiger partial charge in [0.05, 0.1) is 0 Å². The van der Waals surface area contributed by atoms with Gasteiger partial charge in [-0.05, 0) is 37.9 Å². The van der Waals surface area contributed by atoms with E-state index in [0.29, 0.717) is 0 Å². The first kappa shape index (κ1) is 12.0. The predicted molar refractivity (Wildman–Crippen MR) is 68.7 cm³/mol. The Morgan fingerprint density at radius 1 is 1.56 bits per heavy atom. The normalized spacial score (nSPS) is 25.1. The highest BCUT2D eigenvalue weighted by Crippen LogP contribution is 2.16. The van der Waals surface area contributed by atoms with Gasteiger partial charge in [-0.1, -0.05) is 13.8 Å². The SMILES string of the molecule is CCc1cnc(CNCC2CNCC2C)s1. The van der Waals surface area contributed by atoms with Gasteiger partial charge in [0.1, 0.15) is 5.01 Å². The largest absolute Gasteiger partial charge is 0.316 e. The lowest BCUT2D eigenvalue weighted by Gasteiger charge is -2.13. The molecule has 4 heteroatoms. The minimum Gasteiger partial charge on any atom is -0.316 e. The van der Waals surface area contributed by atoms with Crippen LogP contribution in [0.1, 0.15) is 23.7 Å². The second-order valence-corrected chi connectivity index (χ2v) is 5.80. The molecule has 2 rings (SSSR count). The average Bonchev–Trinajstić information content (AvgIpc) is 2.89. The summed E-state index contributed by atoms with van der Waals surface area (Å²) in [7, 11) is 0. The fraction of sp³-hybridized carbons (Fsp3) is 0.750. The Morgan fingerprint density at radius 2 is 2.44 bits per heavy atom. The summed E-state index contributed by atoms with van der Waals surface area (Å²) < 4.78 is 0. The van der Waals surface area contributed by atoms with Crippen LogP contribution in [0.25, 0.3) is 0 Å². The highest BCUT2D eigenvalue weighted by molar-refractivity contribution is 7.11. The summed E-state index contributed by atoms with van der Waals surface area (Å²) in [5, 5.41) is 8.17. The third kappa shape index (κ3) is 3.03. The molecule has 2 unspecified atom stereocenters. The summed E-state index contributed by atoms with van der Waals surface area (Å²) in [6.45, 7) is 8.86. The van der Waals surface area contributed by atoms with Crippen LogP contribution in [0.15, 0.2) is 6.20 Å². The molecule has 0 radical (unpaired) electrons. The van der Waals surface area contributed by atoms with Crippen molar-refractivity contribution < 1.29 is 0 Å². The van der Waals surface area contributed by atoms with E-state index in [-0.39, 0.29) is 0 Å². The van der Waals surface area contributed by atoms with Crippen LogP contribution >= 0.6 is 11.3 Å². The van der Waals surface area contributed by atoms with Crippen LogP contribution in [0, 0.1) is 11.8 Å². The molecular formula is C12H21N3S. The Morgan fingerprint density at radius 3 is 3.06 bits per heavy atom. The monoisotopic (exact) mass is 239 g/mol. The minimum atomic E-state index is 0.783. The Bertz CT molecular complexity index is 324. The zero-order chi connectivity index (χ0) is 11.4. The van der Waals surface area contributed by atoms with Crippen molar-refractivity contribution >= 4 is 11.3 Å². The van der Waals surface area contributed by atoms with E-state index in [4.69, 9.17) is 0 Å². The quantitative estimate of drug-likeness (QED) is 0.820. The maximum Gasteiger partial charge on any atom is 0.107 e. The van der Waals surface area contributed by atoms with Gasteiger partial charge in [-0.25, -0.2) is 4.98 Å². The van der Waals surface area contributed by atoms with Crippen LogP contribution in [-0.4, -0.2) is 24.6 Å². The van der Waals surface area contributed by atoms with E-state index in [2.05, 4.69) is 29.5 Å². The molecule has 1 aliphatic heterocycles. The Balaban J connectivity index is 1.71.